The van der Waals surface area contributed by atoms with Crippen LogP contribution in [0.15, 0.2) is 36.7 Å². The number of fused-ring (bicyclic) bond motifs is 6. The zero-order valence-corrected chi connectivity index (χ0v) is 18.2. The van der Waals surface area contributed by atoms with E-state index in [0.29, 0.717) is 23.7 Å². The van der Waals surface area contributed by atoms with Crippen LogP contribution in [0, 0.1) is 34.5 Å². The van der Waals surface area contributed by atoms with Gasteiger partial charge in [-0.3, -0.25) is 0 Å². The Bertz CT molecular complexity index is 1010. The fourth-order valence-electron chi connectivity index (χ4n) is 8.43. The summed E-state index contributed by atoms with van der Waals surface area (Å²) in [5.41, 5.74) is 3.70. The third-order valence-corrected chi connectivity index (χ3v) is 9.82. The minimum absolute atomic E-state index is 0.0125. The molecule has 6 rings (SSSR count). The Kier molecular flexibility index (Phi) is 4.09. The SMILES string of the molecule is C[C@]12CC(O)C3C(CC[C@@H]4C[C@@H](O)CC[C@]34C)C1CC=C2n1cnc2ccccc21. The average Bonchev–Trinajstić information content (AvgIpc) is 3.28. The molecule has 3 fully saturated rings. The van der Waals surface area contributed by atoms with E-state index < -0.39 is 0 Å². The quantitative estimate of drug-likeness (QED) is 0.711. The molecular weight excluding hydrogens is 372 g/mol. The van der Waals surface area contributed by atoms with E-state index in [9.17, 15) is 10.2 Å². The molecule has 4 aliphatic carbocycles. The highest BCUT2D eigenvalue weighted by atomic mass is 16.3. The van der Waals surface area contributed by atoms with Crippen molar-refractivity contribution in [3.05, 3.63) is 36.7 Å². The van der Waals surface area contributed by atoms with Gasteiger partial charge in [0.05, 0.1) is 23.2 Å². The lowest BCUT2D eigenvalue weighted by Gasteiger charge is -2.62. The van der Waals surface area contributed by atoms with Crippen molar-refractivity contribution in [1.29, 1.82) is 0 Å². The molecule has 0 spiro atoms. The Morgan fingerprint density at radius 2 is 1.93 bits per heavy atom. The van der Waals surface area contributed by atoms with E-state index in [1.165, 1.54) is 24.1 Å². The van der Waals surface area contributed by atoms with Gasteiger partial charge in [0.1, 0.15) is 6.33 Å². The van der Waals surface area contributed by atoms with Crippen molar-refractivity contribution in [3.63, 3.8) is 0 Å². The molecule has 4 unspecified atom stereocenters. The van der Waals surface area contributed by atoms with Crippen LogP contribution in [0.1, 0.15) is 58.8 Å². The van der Waals surface area contributed by atoms with E-state index in [2.05, 4.69) is 47.7 Å². The van der Waals surface area contributed by atoms with Crippen molar-refractivity contribution in [2.45, 2.75) is 71.0 Å². The van der Waals surface area contributed by atoms with Gasteiger partial charge in [-0.05, 0) is 86.2 Å². The largest absolute Gasteiger partial charge is 0.393 e. The minimum atomic E-state index is -0.268. The standard InChI is InChI=1S/C26H34N2O2/c1-25-12-11-17(29)13-16(25)7-8-18-19-9-10-23(26(19,2)14-22(30)24(18)25)28-15-27-20-5-3-4-6-21(20)28/h3-6,10,15-19,22,24,29-30H,7-9,11-14H2,1-2H3/t16-,17+,18?,19?,22?,24?,25+,26+/m1/s1. The lowest BCUT2D eigenvalue weighted by Crippen LogP contribution is -2.58. The maximum atomic E-state index is 11.6. The number of hydrogen-bond donors (Lipinski definition) is 2. The van der Waals surface area contributed by atoms with Crippen molar-refractivity contribution in [1.82, 2.24) is 9.55 Å². The first-order chi connectivity index (χ1) is 14.4. The summed E-state index contributed by atoms with van der Waals surface area (Å²) in [6.45, 7) is 4.82. The molecule has 1 aromatic heterocycles. The van der Waals surface area contributed by atoms with E-state index in [4.69, 9.17) is 0 Å². The highest BCUT2D eigenvalue weighted by molar-refractivity contribution is 5.80. The molecule has 0 saturated heterocycles. The van der Waals surface area contributed by atoms with E-state index in [1.807, 2.05) is 12.4 Å². The monoisotopic (exact) mass is 406 g/mol. The summed E-state index contributed by atoms with van der Waals surface area (Å²) in [6, 6.07) is 8.36. The van der Waals surface area contributed by atoms with Gasteiger partial charge in [-0.25, -0.2) is 4.98 Å². The highest BCUT2D eigenvalue weighted by Crippen LogP contribution is 2.67. The second-order valence-corrected chi connectivity index (χ2v) is 11.1. The summed E-state index contributed by atoms with van der Waals surface area (Å²) < 4.78 is 2.28. The summed E-state index contributed by atoms with van der Waals surface area (Å²) >= 11 is 0. The molecule has 3 saturated carbocycles. The second-order valence-electron chi connectivity index (χ2n) is 11.1. The number of benzene rings is 1. The van der Waals surface area contributed by atoms with Crippen LogP contribution in [-0.2, 0) is 0 Å². The van der Waals surface area contributed by atoms with Gasteiger partial charge in [0.25, 0.3) is 0 Å². The number of aliphatic hydroxyl groups is 2. The third-order valence-electron chi connectivity index (χ3n) is 9.82. The highest BCUT2D eigenvalue weighted by Gasteiger charge is 2.61. The molecule has 4 nitrogen and oxygen atoms in total. The summed E-state index contributed by atoms with van der Waals surface area (Å²) in [5, 5.41) is 21.9. The number of allylic oxidation sites excluding steroid dienone is 2. The normalized spacial score (nSPS) is 45.5. The van der Waals surface area contributed by atoms with Crippen LogP contribution in [0.2, 0.25) is 0 Å². The fraction of sp³-hybridized carbons (Fsp3) is 0.654. The molecule has 0 aliphatic heterocycles. The Labute approximate surface area is 179 Å². The molecule has 8 atom stereocenters. The van der Waals surface area contributed by atoms with Gasteiger partial charge in [-0.1, -0.05) is 32.1 Å². The summed E-state index contributed by atoms with van der Waals surface area (Å²) in [4.78, 5) is 4.64. The van der Waals surface area contributed by atoms with E-state index in [0.717, 1.165) is 37.6 Å². The van der Waals surface area contributed by atoms with Crippen LogP contribution < -0.4 is 0 Å². The number of nitrogens with zero attached hydrogens (tertiary/aromatic N) is 2. The summed E-state index contributed by atoms with van der Waals surface area (Å²) in [7, 11) is 0. The van der Waals surface area contributed by atoms with Crippen molar-refractivity contribution in [2.75, 3.05) is 0 Å². The Balaban J connectivity index is 1.37. The molecule has 2 N–H and O–H groups in total. The molecule has 4 heteroatoms. The topological polar surface area (TPSA) is 58.3 Å². The zero-order chi connectivity index (χ0) is 20.7. The Hall–Kier alpha value is -1.65. The Morgan fingerprint density at radius 1 is 1.10 bits per heavy atom. The predicted molar refractivity (Wildman–Crippen MR) is 119 cm³/mol. The van der Waals surface area contributed by atoms with E-state index >= 15 is 0 Å². The lowest BCUT2D eigenvalue weighted by molar-refractivity contribution is -0.166. The molecule has 1 aromatic carbocycles. The molecule has 1 heterocycles. The molecule has 30 heavy (non-hydrogen) atoms. The van der Waals surface area contributed by atoms with Crippen LogP contribution in [0.4, 0.5) is 0 Å². The number of aliphatic hydroxyl groups excluding tert-OH is 2. The average molecular weight is 407 g/mol. The van der Waals surface area contributed by atoms with E-state index in [1.54, 1.807) is 0 Å². The van der Waals surface area contributed by atoms with Crippen LogP contribution in [-0.4, -0.2) is 32.0 Å². The van der Waals surface area contributed by atoms with Crippen molar-refractivity contribution >= 4 is 16.7 Å². The van der Waals surface area contributed by atoms with Gasteiger partial charge < -0.3 is 14.8 Å². The first kappa shape index (κ1) is 19.1. The maximum Gasteiger partial charge on any atom is 0.100 e. The van der Waals surface area contributed by atoms with Gasteiger partial charge in [0.2, 0.25) is 0 Å². The molecular formula is C26H34N2O2. The number of rotatable bonds is 1. The van der Waals surface area contributed by atoms with Gasteiger partial charge >= 0.3 is 0 Å². The van der Waals surface area contributed by atoms with Crippen molar-refractivity contribution < 1.29 is 10.2 Å². The predicted octanol–water partition coefficient (Wildman–Crippen LogP) is 4.86. The van der Waals surface area contributed by atoms with Crippen LogP contribution in [0.3, 0.4) is 0 Å². The molecule has 160 valence electrons. The zero-order valence-electron chi connectivity index (χ0n) is 18.2. The minimum Gasteiger partial charge on any atom is -0.393 e. The molecule has 0 radical (unpaired) electrons. The van der Waals surface area contributed by atoms with Crippen molar-refractivity contribution in [3.8, 4) is 0 Å². The maximum absolute atomic E-state index is 11.6. The summed E-state index contributed by atoms with van der Waals surface area (Å²) in [6.07, 6.45) is 11.2. The number of hydrogen-bond acceptors (Lipinski definition) is 3. The molecule has 0 bridgehead atoms. The lowest BCUT2D eigenvalue weighted by atomic mass is 9.44. The Morgan fingerprint density at radius 3 is 2.80 bits per heavy atom. The van der Waals surface area contributed by atoms with Crippen LogP contribution in [0.25, 0.3) is 16.7 Å². The van der Waals surface area contributed by atoms with Crippen LogP contribution >= 0.6 is 0 Å². The van der Waals surface area contributed by atoms with Crippen LogP contribution in [0.5, 0.6) is 0 Å². The number of aromatic nitrogens is 2. The first-order valence-corrected chi connectivity index (χ1v) is 11.9. The summed E-state index contributed by atoms with van der Waals surface area (Å²) in [5.74, 6) is 2.09. The second kappa shape index (κ2) is 6.43. The van der Waals surface area contributed by atoms with Gasteiger partial charge in [0.15, 0.2) is 0 Å². The number of para-hydroxylation sites is 2. The van der Waals surface area contributed by atoms with Crippen molar-refractivity contribution in [2.24, 2.45) is 34.5 Å². The molecule has 2 aromatic rings. The third kappa shape index (κ3) is 2.44. The van der Waals surface area contributed by atoms with Gasteiger partial charge in [0, 0.05) is 11.1 Å². The fourth-order valence-corrected chi connectivity index (χ4v) is 8.43. The van der Waals surface area contributed by atoms with Gasteiger partial charge in [-0.2, -0.15) is 0 Å². The molecule has 4 aliphatic rings. The smallest absolute Gasteiger partial charge is 0.100 e. The first-order valence-electron chi connectivity index (χ1n) is 11.9. The van der Waals surface area contributed by atoms with E-state index in [-0.39, 0.29) is 23.0 Å². The van der Waals surface area contributed by atoms with Gasteiger partial charge in [-0.15, -0.1) is 0 Å². The molecule has 0 amide bonds. The number of imidazole rings is 1.